The lowest BCUT2D eigenvalue weighted by atomic mass is 10.1. The molecule has 0 unspecified atom stereocenters. The summed E-state index contributed by atoms with van der Waals surface area (Å²) in [5, 5.41) is 6.69. The Labute approximate surface area is 183 Å². The number of para-hydroxylation sites is 1. The van der Waals surface area contributed by atoms with Gasteiger partial charge < -0.3 is 15.2 Å². The zero-order chi connectivity index (χ0) is 14.1. The van der Waals surface area contributed by atoms with E-state index >= 15 is 0 Å². The highest BCUT2D eigenvalue weighted by Crippen LogP contribution is 2.28. The third-order valence-electron chi connectivity index (χ3n) is 3.66. The number of hydrogen-bond acceptors (Lipinski definition) is 2. The molecule has 2 N–H and O–H groups in total. The molecule has 5 heteroatoms. The van der Waals surface area contributed by atoms with Crippen LogP contribution in [0.25, 0.3) is 10.9 Å². The number of benzene rings is 1. The SMILES string of the molecule is C.C.C.C.C.C.C.C.C.CC(=O)NCCn1c2c(c3ccccc31)C(=O)NCC2. The second-order valence-electron chi connectivity index (χ2n) is 4.98. The maximum atomic E-state index is 12.1. The fraction of sp³-hybridized carbons (Fsp3) is 0.583. The van der Waals surface area contributed by atoms with Gasteiger partial charge in [-0.15, -0.1) is 0 Å². The molecule has 176 valence electrons. The number of carbonyl (C=O) groups is 2. The first-order valence-corrected chi connectivity index (χ1v) is 6.81. The van der Waals surface area contributed by atoms with Gasteiger partial charge in [0.25, 0.3) is 5.91 Å². The minimum Gasteiger partial charge on any atom is -0.355 e. The van der Waals surface area contributed by atoms with Crippen molar-refractivity contribution in [3.05, 3.63) is 35.5 Å². The molecule has 0 bridgehead atoms. The first-order valence-electron chi connectivity index (χ1n) is 6.81. The molecule has 1 aliphatic heterocycles. The third kappa shape index (κ3) is 8.71. The molecule has 0 fully saturated rings. The van der Waals surface area contributed by atoms with E-state index in [0.29, 0.717) is 19.6 Å². The van der Waals surface area contributed by atoms with E-state index in [9.17, 15) is 9.59 Å². The van der Waals surface area contributed by atoms with Crippen molar-refractivity contribution in [2.75, 3.05) is 13.1 Å². The number of fused-ring (bicyclic) bond motifs is 3. The Kier molecular flexibility index (Phi) is 29.8. The van der Waals surface area contributed by atoms with Crippen LogP contribution >= 0.6 is 0 Å². The van der Waals surface area contributed by atoms with Gasteiger partial charge in [-0.1, -0.05) is 85.0 Å². The summed E-state index contributed by atoms with van der Waals surface area (Å²) >= 11 is 0. The van der Waals surface area contributed by atoms with Gasteiger partial charge in [-0.3, -0.25) is 9.59 Å². The van der Waals surface area contributed by atoms with Crippen LogP contribution in [0.3, 0.4) is 0 Å². The Morgan fingerprint density at radius 1 is 1.00 bits per heavy atom. The van der Waals surface area contributed by atoms with Crippen molar-refractivity contribution < 1.29 is 9.59 Å². The van der Waals surface area contributed by atoms with Gasteiger partial charge in [-0.25, -0.2) is 0 Å². The highest BCUT2D eigenvalue weighted by atomic mass is 16.2. The molecule has 0 radical (unpaired) electrons. The molecule has 1 aromatic heterocycles. The van der Waals surface area contributed by atoms with Gasteiger partial charge in [-0.2, -0.15) is 0 Å². The van der Waals surface area contributed by atoms with Crippen molar-refractivity contribution in [2.45, 2.75) is 86.7 Å². The average molecular weight is 416 g/mol. The summed E-state index contributed by atoms with van der Waals surface area (Å²) in [5.41, 5.74) is 2.91. The molecule has 1 aliphatic rings. The molecule has 0 saturated carbocycles. The summed E-state index contributed by atoms with van der Waals surface area (Å²) < 4.78 is 2.15. The zero-order valence-corrected chi connectivity index (χ0v) is 11.4. The third-order valence-corrected chi connectivity index (χ3v) is 3.66. The predicted molar refractivity (Wildman–Crippen MR) is 137 cm³/mol. The van der Waals surface area contributed by atoms with Gasteiger partial charge in [0.15, 0.2) is 0 Å². The first-order chi connectivity index (χ1) is 9.68. The average Bonchev–Trinajstić information content (AvgIpc) is 2.75. The number of carbonyl (C=O) groups excluding carboxylic acids is 2. The summed E-state index contributed by atoms with van der Waals surface area (Å²) in [6.45, 7) is 3.43. The highest BCUT2D eigenvalue weighted by molar-refractivity contribution is 6.09. The van der Waals surface area contributed by atoms with E-state index in [4.69, 9.17) is 0 Å². The molecule has 0 atom stereocenters. The van der Waals surface area contributed by atoms with E-state index in [-0.39, 0.29) is 78.7 Å². The second kappa shape index (κ2) is 19.0. The van der Waals surface area contributed by atoms with Crippen LogP contribution in [-0.2, 0) is 17.8 Å². The van der Waals surface area contributed by atoms with Crippen molar-refractivity contribution in [1.29, 1.82) is 0 Å². The number of rotatable bonds is 3. The van der Waals surface area contributed by atoms with Gasteiger partial charge >= 0.3 is 0 Å². The van der Waals surface area contributed by atoms with Gasteiger partial charge in [0.1, 0.15) is 0 Å². The van der Waals surface area contributed by atoms with E-state index in [1.807, 2.05) is 24.3 Å². The standard InChI is InChI=1S/C15H17N3O2.9CH4/c1-10(19)16-8-9-18-12-5-3-2-4-11(12)14-13(18)6-7-17-15(14)20;;;;;;;;;/h2-5H,6-9H2,1H3,(H,16,19)(H,17,20);9*1H4. The first kappa shape index (κ1) is 45.4. The van der Waals surface area contributed by atoms with Crippen molar-refractivity contribution >= 4 is 22.7 Å². The van der Waals surface area contributed by atoms with E-state index < -0.39 is 0 Å². The number of aromatic nitrogens is 1. The topological polar surface area (TPSA) is 63.1 Å². The summed E-state index contributed by atoms with van der Waals surface area (Å²) in [6, 6.07) is 7.92. The maximum Gasteiger partial charge on any atom is 0.253 e. The molecule has 1 aromatic carbocycles. The fourth-order valence-electron chi connectivity index (χ4n) is 2.85. The molecule has 29 heavy (non-hydrogen) atoms. The largest absolute Gasteiger partial charge is 0.355 e. The molecule has 2 amide bonds. The summed E-state index contributed by atoms with van der Waals surface area (Å²) in [7, 11) is 0. The highest BCUT2D eigenvalue weighted by Gasteiger charge is 2.24. The molecule has 3 rings (SSSR count). The molecule has 0 aliphatic carbocycles. The van der Waals surface area contributed by atoms with Crippen LogP contribution < -0.4 is 10.6 Å². The molecule has 2 heterocycles. The number of nitrogens with one attached hydrogen (secondary N) is 2. The Morgan fingerprint density at radius 2 is 1.55 bits per heavy atom. The zero-order valence-electron chi connectivity index (χ0n) is 11.4. The summed E-state index contributed by atoms with van der Waals surface area (Å²) in [4.78, 5) is 23.1. The van der Waals surface area contributed by atoms with E-state index in [1.54, 1.807) is 0 Å². The molecule has 0 saturated heterocycles. The quantitative estimate of drug-likeness (QED) is 0.579. The predicted octanol–water partition coefficient (Wildman–Crippen LogP) is 6.79. The van der Waals surface area contributed by atoms with Crippen molar-refractivity contribution in [2.24, 2.45) is 0 Å². The molecule has 0 spiro atoms. The number of nitrogens with zero attached hydrogens (tertiary/aromatic N) is 1. The fourth-order valence-corrected chi connectivity index (χ4v) is 2.85. The van der Waals surface area contributed by atoms with Crippen LogP contribution in [0, 0.1) is 0 Å². The molecule has 5 nitrogen and oxygen atoms in total. The Morgan fingerprint density at radius 3 is 2.10 bits per heavy atom. The van der Waals surface area contributed by atoms with Crippen molar-refractivity contribution in [1.82, 2.24) is 15.2 Å². The Bertz CT molecular complexity index is 691. The van der Waals surface area contributed by atoms with Crippen LogP contribution in [0.4, 0.5) is 0 Å². The Hall–Kier alpha value is -2.30. The van der Waals surface area contributed by atoms with Gasteiger partial charge in [0.2, 0.25) is 5.91 Å². The normalized spacial score (nSPS) is 9.62. The lowest BCUT2D eigenvalue weighted by Gasteiger charge is -2.16. The van der Waals surface area contributed by atoms with E-state index in [1.165, 1.54) is 6.92 Å². The summed E-state index contributed by atoms with van der Waals surface area (Å²) in [5.74, 6) is -0.0335. The molecular formula is C24H53N3O2. The van der Waals surface area contributed by atoms with Crippen LogP contribution in [0.2, 0.25) is 0 Å². The van der Waals surface area contributed by atoms with E-state index in [2.05, 4.69) is 15.2 Å². The number of amides is 2. The van der Waals surface area contributed by atoms with E-state index in [0.717, 1.165) is 28.6 Å². The van der Waals surface area contributed by atoms with Crippen molar-refractivity contribution in [3.63, 3.8) is 0 Å². The van der Waals surface area contributed by atoms with Crippen LogP contribution in [0.15, 0.2) is 24.3 Å². The Balaban J connectivity index is -0.000000108. The minimum atomic E-state index is -0.0342. The minimum absolute atomic E-state index is 0. The van der Waals surface area contributed by atoms with Crippen molar-refractivity contribution in [3.8, 4) is 0 Å². The molecule has 2 aromatic rings. The van der Waals surface area contributed by atoms with Crippen LogP contribution in [-0.4, -0.2) is 29.5 Å². The second-order valence-corrected chi connectivity index (χ2v) is 4.98. The monoisotopic (exact) mass is 415 g/mol. The smallest absolute Gasteiger partial charge is 0.253 e. The van der Waals surface area contributed by atoms with Gasteiger partial charge in [-0.05, 0) is 6.07 Å². The van der Waals surface area contributed by atoms with Gasteiger partial charge in [0.05, 0.1) is 5.56 Å². The van der Waals surface area contributed by atoms with Crippen LogP contribution in [0.1, 0.15) is 89.8 Å². The van der Waals surface area contributed by atoms with Crippen LogP contribution in [0.5, 0.6) is 0 Å². The lowest BCUT2D eigenvalue weighted by Crippen LogP contribution is -2.33. The van der Waals surface area contributed by atoms with Gasteiger partial charge in [0, 0.05) is 49.6 Å². The lowest BCUT2D eigenvalue weighted by molar-refractivity contribution is -0.118. The maximum absolute atomic E-state index is 12.1. The molecular weight excluding hydrogens is 362 g/mol. The number of hydrogen-bond donors (Lipinski definition) is 2. The summed E-state index contributed by atoms with van der Waals surface area (Å²) in [6.07, 6.45) is 0.829.